The predicted molar refractivity (Wildman–Crippen MR) is 154 cm³/mol. The van der Waals surface area contributed by atoms with Crippen molar-refractivity contribution in [3.05, 3.63) is 125 Å². The van der Waals surface area contributed by atoms with Crippen LogP contribution in [0.4, 0.5) is 0 Å². The maximum atomic E-state index is 6.57. The first-order valence-corrected chi connectivity index (χ1v) is 13.0. The summed E-state index contributed by atoms with van der Waals surface area (Å²) in [4.78, 5) is 0. The van der Waals surface area contributed by atoms with Crippen LogP contribution in [0.1, 0.15) is 36.1 Å². The number of hydrogen-bond donors (Lipinski definition) is 0. The molecule has 37 heavy (non-hydrogen) atoms. The van der Waals surface area contributed by atoms with Crippen LogP contribution in [0.5, 0.6) is 11.5 Å². The highest BCUT2D eigenvalue weighted by Crippen LogP contribution is 2.51. The van der Waals surface area contributed by atoms with Crippen molar-refractivity contribution < 1.29 is 4.74 Å². The van der Waals surface area contributed by atoms with E-state index in [1.807, 2.05) is 0 Å². The van der Waals surface area contributed by atoms with Gasteiger partial charge in [0.1, 0.15) is 11.5 Å². The minimum Gasteiger partial charge on any atom is -0.456 e. The molecule has 180 valence electrons. The second kappa shape index (κ2) is 7.85. The topological polar surface area (TPSA) is 14.2 Å². The van der Waals surface area contributed by atoms with Crippen molar-refractivity contribution in [2.75, 3.05) is 0 Å². The molecule has 2 heterocycles. The lowest BCUT2D eigenvalue weighted by Crippen LogP contribution is -2.24. The molecule has 5 aromatic carbocycles. The van der Waals surface area contributed by atoms with Gasteiger partial charge in [0.15, 0.2) is 0 Å². The number of ether oxygens (including phenoxy) is 1. The summed E-state index contributed by atoms with van der Waals surface area (Å²) in [5, 5.41) is 2.56. The molecule has 0 spiro atoms. The van der Waals surface area contributed by atoms with Gasteiger partial charge in [-0.05, 0) is 60.4 Å². The SMILES string of the molecule is Cc1c(-c2ccc3c4ccccc4n(-c4ccccc4)c3c2C)ccc2c1Oc1ccccc1C2(C)C. The van der Waals surface area contributed by atoms with Crippen molar-refractivity contribution in [1.82, 2.24) is 4.57 Å². The number of nitrogens with zero attached hydrogens (tertiary/aromatic N) is 1. The molecule has 1 aliphatic rings. The third-order valence-corrected chi connectivity index (χ3v) is 8.25. The van der Waals surface area contributed by atoms with Crippen LogP contribution in [0.15, 0.2) is 103 Å². The van der Waals surface area contributed by atoms with Crippen LogP contribution in [0.25, 0.3) is 38.6 Å². The number of fused-ring (bicyclic) bond motifs is 5. The molecule has 0 radical (unpaired) electrons. The molecule has 0 aliphatic carbocycles. The standard InChI is InChI=1S/C35H29NO/c1-22-25(26-20-21-30-34(23(26)2)37-32-17-11-9-15-29(32)35(30,3)4)18-19-28-27-14-8-10-16-31(27)36(33(22)28)24-12-6-5-7-13-24/h5-21H,1-4H3. The summed E-state index contributed by atoms with van der Waals surface area (Å²) in [5.74, 6) is 1.95. The lowest BCUT2D eigenvalue weighted by molar-refractivity contribution is 0.415. The number of rotatable bonds is 2. The monoisotopic (exact) mass is 479 g/mol. The molecule has 0 saturated heterocycles. The van der Waals surface area contributed by atoms with E-state index in [0.717, 1.165) is 11.5 Å². The lowest BCUT2D eigenvalue weighted by atomic mass is 9.74. The van der Waals surface area contributed by atoms with Crippen LogP contribution in [-0.4, -0.2) is 4.57 Å². The van der Waals surface area contributed by atoms with Gasteiger partial charge in [0, 0.05) is 33.0 Å². The first kappa shape index (κ1) is 21.9. The predicted octanol–water partition coefficient (Wildman–Crippen LogP) is 9.50. The normalized spacial score (nSPS) is 13.8. The largest absolute Gasteiger partial charge is 0.456 e. The first-order chi connectivity index (χ1) is 18.0. The summed E-state index contributed by atoms with van der Waals surface area (Å²) in [7, 11) is 0. The highest BCUT2D eigenvalue weighted by atomic mass is 16.5. The quantitative estimate of drug-likeness (QED) is 0.241. The van der Waals surface area contributed by atoms with E-state index in [4.69, 9.17) is 4.74 Å². The smallest absolute Gasteiger partial charge is 0.135 e. The van der Waals surface area contributed by atoms with Gasteiger partial charge in [-0.25, -0.2) is 0 Å². The molecule has 1 aliphatic heterocycles. The molecule has 2 nitrogen and oxygen atoms in total. The zero-order chi connectivity index (χ0) is 25.3. The zero-order valence-electron chi connectivity index (χ0n) is 21.7. The van der Waals surface area contributed by atoms with Crippen LogP contribution in [0.2, 0.25) is 0 Å². The molecule has 2 heteroatoms. The van der Waals surface area contributed by atoms with Gasteiger partial charge in [0.05, 0.1) is 11.0 Å². The summed E-state index contributed by atoms with van der Waals surface area (Å²) < 4.78 is 8.98. The van der Waals surface area contributed by atoms with Gasteiger partial charge in [-0.15, -0.1) is 0 Å². The Morgan fingerprint density at radius 3 is 2.11 bits per heavy atom. The summed E-state index contributed by atoms with van der Waals surface area (Å²) in [6, 6.07) is 36.9. The zero-order valence-corrected chi connectivity index (χ0v) is 21.7. The van der Waals surface area contributed by atoms with Gasteiger partial charge < -0.3 is 9.30 Å². The third-order valence-electron chi connectivity index (χ3n) is 8.25. The van der Waals surface area contributed by atoms with Crippen molar-refractivity contribution in [3.8, 4) is 28.3 Å². The molecule has 1 aromatic heterocycles. The van der Waals surface area contributed by atoms with E-state index in [9.17, 15) is 0 Å². The lowest BCUT2D eigenvalue weighted by Gasteiger charge is -2.35. The molecule has 0 fully saturated rings. The number of benzene rings is 5. The van der Waals surface area contributed by atoms with E-state index < -0.39 is 0 Å². The molecular weight excluding hydrogens is 450 g/mol. The molecule has 0 bridgehead atoms. The average Bonchev–Trinajstić information content (AvgIpc) is 3.26. The second-order valence-electron chi connectivity index (χ2n) is 10.7. The van der Waals surface area contributed by atoms with E-state index in [0.29, 0.717) is 0 Å². The van der Waals surface area contributed by atoms with Gasteiger partial charge in [0.25, 0.3) is 0 Å². The Balaban J connectivity index is 1.49. The van der Waals surface area contributed by atoms with E-state index in [2.05, 4.69) is 135 Å². The van der Waals surface area contributed by atoms with Crippen molar-refractivity contribution in [2.24, 2.45) is 0 Å². The van der Waals surface area contributed by atoms with E-state index in [1.54, 1.807) is 0 Å². The third kappa shape index (κ3) is 3.05. The Bertz CT molecular complexity index is 1840. The molecule has 0 unspecified atom stereocenters. The minimum absolute atomic E-state index is 0.119. The molecule has 7 rings (SSSR count). The molecule has 0 N–H and O–H groups in total. The molecule has 0 saturated carbocycles. The summed E-state index contributed by atoms with van der Waals surface area (Å²) in [6.07, 6.45) is 0. The minimum atomic E-state index is -0.119. The van der Waals surface area contributed by atoms with Crippen molar-refractivity contribution in [3.63, 3.8) is 0 Å². The van der Waals surface area contributed by atoms with Crippen LogP contribution in [-0.2, 0) is 5.41 Å². The number of hydrogen-bond acceptors (Lipinski definition) is 1. The number of aromatic nitrogens is 1. The van der Waals surface area contributed by atoms with E-state index in [1.165, 1.54) is 60.9 Å². The van der Waals surface area contributed by atoms with Crippen LogP contribution < -0.4 is 4.74 Å². The van der Waals surface area contributed by atoms with Crippen molar-refractivity contribution >= 4 is 21.8 Å². The first-order valence-electron chi connectivity index (χ1n) is 13.0. The second-order valence-corrected chi connectivity index (χ2v) is 10.7. The van der Waals surface area contributed by atoms with Crippen LogP contribution in [0.3, 0.4) is 0 Å². The Morgan fingerprint density at radius 2 is 1.27 bits per heavy atom. The van der Waals surface area contributed by atoms with Gasteiger partial charge in [-0.2, -0.15) is 0 Å². The summed E-state index contributed by atoms with van der Waals surface area (Å²) in [5.41, 5.74) is 10.9. The Morgan fingerprint density at radius 1 is 0.595 bits per heavy atom. The summed E-state index contributed by atoms with van der Waals surface area (Å²) >= 11 is 0. The molecule has 0 amide bonds. The fraction of sp³-hybridized carbons (Fsp3) is 0.143. The average molecular weight is 480 g/mol. The Hall–Kier alpha value is -4.30. The molecular formula is C35H29NO. The van der Waals surface area contributed by atoms with Crippen molar-refractivity contribution in [1.29, 1.82) is 0 Å². The Kier molecular flexibility index (Phi) is 4.65. The fourth-order valence-corrected chi connectivity index (χ4v) is 6.29. The maximum absolute atomic E-state index is 6.57. The maximum Gasteiger partial charge on any atom is 0.135 e. The van der Waals surface area contributed by atoms with Gasteiger partial charge in [-0.1, -0.05) is 92.7 Å². The highest BCUT2D eigenvalue weighted by molar-refractivity contribution is 6.11. The van der Waals surface area contributed by atoms with Gasteiger partial charge >= 0.3 is 0 Å². The van der Waals surface area contributed by atoms with E-state index in [-0.39, 0.29) is 5.41 Å². The number of para-hydroxylation sites is 3. The molecule has 0 atom stereocenters. The Labute approximate surface area is 217 Å². The highest BCUT2D eigenvalue weighted by Gasteiger charge is 2.35. The van der Waals surface area contributed by atoms with Gasteiger partial charge in [0.2, 0.25) is 0 Å². The fourth-order valence-electron chi connectivity index (χ4n) is 6.29. The van der Waals surface area contributed by atoms with Gasteiger partial charge in [-0.3, -0.25) is 0 Å². The molecule has 6 aromatic rings. The number of aryl methyl sites for hydroxylation is 1. The van der Waals surface area contributed by atoms with Crippen molar-refractivity contribution in [2.45, 2.75) is 33.1 Å². The summed E-state index contributed by atoms with van der Waals surface area (Å²) in [6.45, 7) is 9.05. The van der Waals surface area contributed by atoms with E-state index >= 15 is 0 Å². The van der Waals surface area contributed by atoms with Crippen LogP contribution >= 0.6 is 0 Å². The van der Waals surface area contributed by atoms with Crippen LogP contribution in [0, 0.1) is 13.8 Å².